The van der Waals surface area contributed by atoms with Gasteiger partial charge in [0, 0.05) is 0 Å². The Morgan fingerprint density at radius 1 is 1.50 bits per heavy atom. The third-order valence-electron chi connectivity index (χ3n) is 2.22. The van der Waals surface area contributed by atoms with Crippen molar-refractivity contribution in [3.8, 4) is 5.88 Å². The molecule has 2 aromatic rings. The van der Waals surface area contributed by atoms with Gasteiger partial charge in [-0.15, -0.1) is 0 Å². The first-order chi connectivity index (χ1) is 7.43. The lowest BCUT2D eigenvalue weighted by atomic mass is 10.1. The first-order valence-electron chi connectivity index (χ1n) is 4.74. The molecule has 0 fully saturated rings. The van der Waals surface area contributed by atoms with Crippen LogP contribution < -0.4 is 4.74 Å². The topological polar surface area (TPSA) is 59.7 Å². The lowest BCUT2D eigenvalue weighted by Gasteiger charge is -2.13. The molecular weight excluding hydrogens is 230 g/mol. The van der Waals surface area contributed by atoms with Gasteiger partial charge in [0.1, 0.15) is 16.4 Å². The summed E-state index contributed by atoms with van der Waals surface area (Å²) in [6, 6.07) is 0. The van der Waals surface area contributed by atoms with E-state index in [2.05, 4.69) is 9.97 Å². The highest BCUT2D eigenvalue weighted by Crippen LogP contribution is 2.28. The van der Waals surface area contributed by atoms with Crippen LogP contribution >= 0.6 is 11.6 Å². The monoisotopic (exact) mass is 241 g/mol. The summed E-state index contributed by atoms with van der Waals surface area (Å²) in [7, 11) is 1.52. The molecule has 0 aliphatic heterocycles. The zero-order valence-electron chi connectivity index (χ0n) is 9.23. The fourth-order valence-corrected chi connectivity index (χ4v) is 1.81. The Balaban J connectivity index is 2.69. The van der Waals surface area contributed by atoms with Gasteiger partial charge in [0.25, 0.3) is 0 Å². The van der Waals surface area contributed by atoms with Crippen molar-refractivity contribution in [3.63, 3.8) is 0 Å². The second kappa shape index (κ2) is 3.61. The van der Waals surface area contributed by atoms with E-state index in [0.717, 1.165) is 0 Å². The summed E-state index contributed by atoms with van der Waals surface area (Å²) < 4.78 is 6.62. The number of aliphatic hydroxyl groups is 1. The van der Waals surface area contributed by atoms with Gasteiger partial charge < -0.3 is 9.84 Å². The van der Waals surface area contributed by atoms with Gasteiger partial charge in [-0.1, -0.05) is 11.6 Å². The molecule has 0 unspecified atom stereocenters. The van der Waals surface area contributed by atoms with Crippen LogP contribution in [0.15, 0.2) is 12.4 Å². The molecule has 0 saturated heterocycles. The second-order valence-electron chi connectivity index (χ2n) is 3.97. The zero-order chi connectivity index (χ0) is 11.9. The summed E-state index contributed by atoms with van der Waals surface area (Å²) in [6.07, 6.45) is 3.17. The number of hydrogen-bond acceptors (Lipinski definition) is 4. The lowest BCUT2D eigenvalue weighted by molar-refractivity contribution is 0.0745. The van der Waals surface area contributed by atoms with Crippen LogP contribution in [0, 0.1) is 0 Å². The van der Waals surface area contributed by atoms with Gasteiger partial charge in [0.05, 0.1) is 19.5 Å². The van der Waals surface area contributed by atoms with Crippen LogP contribution in [0.2, 0.25) is 5.15 Å². The van der Waals surface area contributed by atoms with Crippen molar-refractivity contribution >= 4 is 17.2 Å². The van der Waals surface area contributed by atoms with Crippen molar-refractivity contribution in [2.75, 3.05) is 7.11 Å². The van der Waals surface area contributed by atoms with Crippen molar-refractivity contribution in [3.05, 3.63) is 23.2 Å². The first-order valence-corrected chi connectivity index (χ1v) is 5.11. The summed E-state index contributed by atoms with van der Waals surface area (Å²) in [6.45, 7) is 3.26. The number of halogens is 1. The maximum atomic E-state index is 9.89. The van der Waals surface area contributed by atoms with Crippen molar-refractivity contribution in [2.24, 2.45) is 0 Å². The molecule has 1 N–H and O–H groups in total. The van der Waals surface area contributed by atoms with Crippen LogP contribution in [0.5, 0.6) is 5.88 Å². The minimum absolute atomic E-state index is 0.364. The fraction of sp³-hybridized carbons (Fsp3) is 0.400. The molecule has 0 aliphatic carbocycles. The van der Waals surface area contributed by atoms with E-state index in [1.54, 1.807) is 30.6 Å². The maximum Gasteiger partial charge on any atom is 0.230 e. The molecule has 16 heavy (non-hydrogen) atoms. The van der Waals surface area contributed by atoms with Gasteiger partial charge in [-0.2, -0.15) is 0 Å². The summed E-state index contributed by atoms with van der Waals surface area (Å²) in [4.78, 5) is 8.24. The van der Waals surface area contributed by atoms with Crippen molar-refractivity contribution in [1.82, 2.24) is 14.4 Å². The molecule has 0 radical (unpaired) electrons. The van der Waals surface area contributed by atoms with Crippen LogP contribution in [0.1, 0.15) is 19.5 Å². The predicted molar refractivity (Wildman–Crippen MR) is 59.8 cm³/mol. The van der Waals surface area contributed by atoms with Gasteiger partial charge in [-0.25, -0.2) is 9.97 Å². The molecule has 2 rings (SSSR count). The molecule has 2 heterocycles. The standard InChI is InChI=1S/C10H12ClN3O2/c1-10(2,15)8-9(11)14-5-7(16-3)12-4-6(14)13-8/h4-5,15H,1-3H3. The number of aromatic nitrogens is 3. The number of imidazole rings is 1. The van der Waals surface area contributed by atoms with E-state index in [0.29, 0.717) is 22.4 Å². The van der Waals surface area contributed by atoms with Crippen LogP contribution in [0.4, 0.5) is 0 Å². The maximum absolute atomic E-state index is 9.89. The summed E-state index contributed by atoms with van der Waals surface area (Å²) in [5, 5.41) is 10.2. The Hall–Kier alpha value is -1.33. The number of ether oxygens (including phenoxy) is 1. The highest BCUT2D eigenvalue weighted by atomic mass is 35.5. The molecule has 0 aliphatic rings. The molecule has 5 nitrogen and oxygen atoms in total. The van der Waals surface area contributed by atoms with Crippen LogP contribution in [0.3, 0.4) is 0 Å². The van der Waals surface area contributed by atoms with Crippen molar-refractivity contribution in [2.45, 2.75) is 19.4 Å². The highest BCUT2D eigenvalue weighted by Gasteiger charge is 2.25. The average molecular weight is 242 g/mol. The third-order valence-corrected chi connectivity index (χ3v) is 2.58. The van der Waals surface area contributed by atoms with E-state index in [1.165, 1.54) is 7.11 Å². The molecular formula is C10H12ClN3O2. The van der Waals surface area contributed by atoms with Gasteiger partial charge in [-0.05, 0) is 13.8 Å². The van der Waals surface area contributed by atoms with Crippen LogP contribution in [-0.4, -0.2) is 26.6 Å². The molecule has 0 spiro atoms. The third kappa shape index (κ3) is 1.72. The first kappa shape index (κ1) is 11.2. The van der Waals surface area contributed by atoms with Gasteiger partial charge >= 0.3 is 0 Å². The molecule has 0 bridgehead atoms. The Morgan fingerprint density at radius 2 is 2.19 bits per heavy atom. The van der Waals surface area contributed by atoms with E-state index in [-0.39, 0.29) is 0 Å². The Labute approximate surface area is 97.7 Å². The minimum atomic E-state index is -1.09. The average Bonchev–Trinajstić information content (AvgIpc) is 2.55. The lowest BCUT2D eigenvalue weighted by Crippen LogP contribution is -2.16. The molecule has 6 heteroatoms. The minimum Gasteiger partial charge on any atom is -0.480 e. The molecule has 0 saturated carbocycles. The molecule has 2 aromatic heterocycles. The van der Waals surface area contributed by atoms with Gasteiger partial charge in [0.2, 0.25) is 5.88 Å². The van der Waals surface area contributed by atoms with E-state index >= 15 is 0 Å². The number of methoxy groups -OCH3 is 1. The SMILES string of the molecule is COc1cn2c(Cl)c(C(C)(C)O)nc2cn1. The highest BCUT2D eigenvalue weighted by molar-refractivity contribution is 6.30. The molecule has 0 aromatic carbocycles. The summed E-state index contributed by atoms with van der Waals surface area (Å²) in [5.41, 5.74) is -0.0942. The number of fused-ring (bicyclic) bond motifs is 1. The van der Waals surface area contributed by atoms with Crippen molar-refractivity contribution < 1.29 is 9.84 Å². The number of hydrogen-bond donors (Lipinski definition) is 1. The number of rotatable bonds is 2. The molecule has 0 amide bonds. The summed E-state index contributed by atoms with van der Waals surface area (Å²) >= 11 is 6.13. The smallest absolute Gasteiger partial charge is 0.230 e. The van der Waals surface area contributed by atoms with Gasteiger partial charge in [0.15, 0.2) is 5.65 Å². The van der Waals surface area contributed by atoms with E-state index in [4.69, 9.17) is 16.3 Å². The summed E-state index contributed by atoms with van der Waals surface area (Å²) in [5.74, 6) is 0.439. The van der Waals surface area contributed by atoms with E-state index in [9.17, 15) is 5.11 Å². The van der Waals surface area contributed by atoms with Gasteiger partial charge in [-0.3, -0.25) is 4.40 Å². The predicted octanol–water partition coefficient (Wildman–Crippen LogP) is 1.62. The van der Waals surface area contributed by atoms with Crippen LogP contribution in [0.25, 0.3) is 5.65 Å². The van der Waals surface area contributed by atoms with E-state index in [1.807, 2.05) is 0 Å². The largest absolute Gasteiger partial charge is 0.480 e. The Bertz CT molecular complexity index is 531. The Kier molecular flexibility index (Phi) is 2.52. The fourth-order valence-electron chi connectivity index (χ4n) is 1.40. The van der Waals surface area contributed by atoms with E-state index < -0.39 is 5.60 Å². The van der Waals surface area contributed by atoms with Crippen molar-refractivity contribution in [1.29, 1.82) is 0 Å². The second-order valence-corrected chi connectivity index (χ2v) is 4.33. The zero-order valence-corrected chi connectivity index (χ0v) is 9.99. The molecule has 86 valence electrons. The van der Waals surface area contributed by atoms with Crippen LogP contribution in [-0.2, 0) is 5.60 Å². The molecule has 0 atom stereocenters. The normalized spacial score (nSPS) is 12.1. The quantitative estimate of drug-likeness (QED) is 0.868. The Morgan fingerprint density at radius 3 is 2.75 bits per heavy atom. The number of nitrogens with zero attached hydrogens (tertiary/aromatic N) is 3.